The Morgan fingerprint density at radius 3 is 2.71 bits per heavy atom. The molecule has 0 unspecified atom stereocenters. The average molecular weight is 394 g/mol. The van der Waals surface area contributed by atoms with Crippen LogP contribution in [0.5, 0.6) is 0 Å². The van der Waals surface area contributed by atoms with Gasteiger partial charge in [-0.15, -0.1) is 0 Å². The SMILES string of the molecule is COC(=O)c1ccc(CO[C@H]2C[C@H](n3cc(F)c(=O)[nH]c3=O)O[C@@H]2CO)cc1. The number of aromatic amines is 1. The first-order valence-corrected chi connectivity index (χ1v) is 8.49. The van der Waals surface area contributed by atoms with Crippen LogP contribution in [0.25, 0.3) is 0 Å². The van der Waals surface area contributed by atoms with E-state index < -0.39 is 41.5 Å². The van der Waals surface area contributed by atoms with Crippen LogP contribution in [-0.4, -0.2) is 46.6 Å². The molecule has 3 rings (SSSR count). The second-order valence-corrected chi connectivity index (χ2v) is 6.23. The highest BCUT2D eigenvalue weighted by Crippen LogP contribution is 2.30. The highest BCUT2D eigenvalue weighted by molar-refractivity contribution is 5.89. The Morgan fingerprint density at radius 1 is 1.36 bits per heavy atom. The molecular formula is C18H19FN2O7. The monoisotopic (exact) mass is 394 g/mol. The zero-order valence-electron chi connectivity index (χ0n) is 15.0. The summed E-state index contributed by atoms with van der Waals surface area (Å²) in [5.41, 5.74) is -0.739. The minimum Gasteiger partial charge on any atom is -0.465 e. The zero-order chi connectivity index (χ0) is 20.3. The Bertz CT molecular complexity index is 954. The Balaban J connectivity index is 1.67. The van der Waals surface area contributed by atoms with E-state index in [1.54, 1.807) is 24.3 Å². The first-order chi connectivity index (χ1) is 13.4. The number of H-pyrrole nitrogens is 1. The third-order valence-electron chi connectivity index (χ3n) is 4.43. The lowest BCUT2D eigenvalue weighted by Crippen LogP contribution is -2.34. The van der Waals surface area contributed by atoms with Crippen molar-refractivity contribution in [3.05, 3.63) is 68.2 Å². The maximum atomic E-state index is 13.5. The van der Waals surface area contributed by atoms with Crippen molar-refractivity contribution in [2.75, 3.05) is 13.7 Å². The molecule has 0 bridgehead atoms. The lowest BCUT2D eigenvalue weighted by atomic mass is 10.1. The molecule has 0 radical (unpaired) electrons. The minimum atomic E-state index is -1.11. The van der Waals surface area contributed by atoms with Gasteiger partial charge in [0, 0.05) is 6.42 Å². The third kappa shape index (κ3) is 4.19. The fraction of sp³-hybridized carbons (Fsp3) is 0.389. The molecule has 0 amide bonds. The number of nitrogens with zero attached hydrogens (tertiary/aromatic N) is 1. The summed E-state index contributed by atoms with van der Waals surface area (Å²) >= 11 is 0. The summed E-state index contributed by atoms with van der Waals surface area (Å²) in [6.45, 7) is -0.184. The van der Waals surface area contributed by atoms with E-state index in [1.807, 2.05) is 4.98 Å². The van der Waals surface area contributed by atoms with E-state index in [0.29, 0.717) is 5.56 Å². The van der Waals surface area contributed by atoms with Crippen molar-refractivity contribution in [1.82, 2.24) is 9.55 Å². The first kappa shape index (κ1) is 19.9. The number of carbonyl (C=O) groups excluding carboxylic acids is 1. The van der Waals surface area contributed by atoms with Crippen molar-refractivity contribution >= 4 is 5.97 Å². The summed E-state index contributed by atoms with van der Waals surface area (Å²) in [5.74, 6) is -1.56. The van der Waals surface area contributed by atoms with E-state index in [0.717, 1.165) is 16.3 Å². The van der Waals surface area contributed by atoms with Gasteiger partial charge >= 0.3 is 11.7 Å². The molecule has 1 aromatic carbocycles. The van der Waals surface area contributed by atoms with E-state index in [4.69, 9.17) is 9.47 Å². The molecule has 2 N–H and O–H groups in total. The van der Waals surface area contributed by atoms with Crippen LogP contribution in [0.4, 0.5) is 4.39 Å². The van der Waals surface area contributed by atoms with Gasteiger partial charge in [0.25, 0.3) is 5.56 Å². The van der Waals surface area contributed by atoms with Gasteiger partial charge in [-0.1, -0.05) is 12.1 Å². The molecule has 28 heavy (non-hydrogen) atoms. The maximum absolute atomic E-state index is 13.5. The standard InChI is InChI=1S/C18H19FN2O7/c1-26-17(24)11-4-2-10(3-5-11)9-27-13-6-15(28-14(13)8-22)21-7-12(19)16(23)20-18(21)25/h2-5,7,13-15,22H,6,8-9H2,1H3,(H,20,23,25)/t13-,14+,15+/m0/s1. The smallest absolute Gasteiger partial charge is 0.337 e. The second kappa shape index (κ2) is 8.46. The summed E-state index contributed by atoms with van der Waals surface area (Å²) in [5, 5.41) is 9.52. The van der Waals surface area contributed by atoms with Crippen LogP contribution in [-0.2, 0) is 20.8 Å². The number of esters is 1. The van der Waals surface area contributed by atoms with Crippen LogP contribution in [0.15, 0.2) is 40.1 Å². The molecule has 1 aliphatic rings. The molecule has 0 saturated carbocycles. The van der Waals surface area contributed by atoms with Crippen LogP contribution in [0.2, 0.25) is 0 Å². The summed E-state index contributed by atoms with van der Waals surface area (Å²) in [7, 11) is 1.30. The number of carbonyl (C=O) groups is 1. The van der Waals surface area contributed by atoms with Gasteiger partial charge in [-0.2, -0.15) is 4.39 Å². The van der Waals surface area contributed by atoms with Crippen LogP contribution in [0, 0.1) is 5.82 Å². The summed E-state index contributed by atoms with van der Waals surface area (Å²) in [6, 6.07) is 6.61. The number of nitrogens with one attached hydrogen (secondary N) is 1. The third-order valence-corrected chi connectivity index (χ3v) is 4.43. The van der Waals surface area contributed by atoms with Crippen molar-refractivity contribution in [2.24, 2.45) is 0 Å². The van der Waals surface area contributed by atoms with Crippen molar-refractivity contribution < 1.29 is 28.5 Å². The number of aliphatic hydroxyl groups is 1. The number of methoxy groups -OCH3 is 1. The van der Waals surface area contributed by atoms with Crippen LogP contribution < -0.4 is 11.2 Å². The molecule has 1 aliphatic heterocycles. The maximum Gasteiger partial charge on any atom is 0.337 e. The number of hydrogen-bond donors (Lipinski definition) is 2. The Labute approximate surface area is 158 Å². The van der Waals surface area contributed by atoms with Gasteiger partial charge in [0.2, 0.25) is 5.82 Å². The zero-order valence-corrected chi connectivity index (χ0v) is 15.0. The van der Waals surface area contributed by atoms with Gasteiger partial charge in [-0.05, 0) is 17.7 Å². The molecule has 2 heterocycles. The molecule has 1 saturated heterocycles. The van der Waals surface area contributed by atoms with E-state index >= 15 is 0 Å². The summed E-state index contributed by atoms with van der Waals surface area (Å²) < 4.78 is 30.4. The first-order valence-electron chi connectivity index (χ1n) is 8.49. The number of rotatable bonds is 6. The van der Waals surface area contributed by atoms with E-state index in [2.05, 4.69) is 4.74 Å². The summed E-state index contributed by atoms with van der Waals surface area (Å²) in [6.07, 6.45) is -1.22. The van der Waals surface area contributed by atoms with Gasteiger partial charge < -0.3 is 19.3 Å². The Kier molecular flexibility index (Phi) is 6.02. The quantitative estimate of drug-likeness (QED) is 0.678. The number of aliphatic hydroxyl groups excluding tert-OH is 1. The van der Waals surface area contributed by atoms with Crippen molar-refractivity contribution in [1.29, 1.82) is 0 Å². The van der Waals surface area contributed by atoms with Crippen molar-refractivity contribution in [3.63, 3.8) is 0 Å². The number of hydrogen-bond acceptors (Lipinski definition) is 7. The molecule has 2 aromatic rings. The Hall–Kier alpha value is -2.82. The molecule has 150 valence electrons. The normalized spacial score (nSPS) is 21.6. The van der Waals surface area contributed by atoms with Gasteiger partial charge in [-0.25, -0.2) is 9.59 Å². The topological polar surface area (TPSA) is 120 Å². The van der Waals surface area contributed by atoms with Crippen molar-refractivity contribution in [3.8, 4) is 0 Å². The summed E-state index contributed by atoms with van der Waals surface area (Å²) in [4.78, 5) is 36.4. The highest BCUT2D eigenvalue weighted by Gasteiger charge is 2.37. The van der Waals surface area contributed by atoms with E-state index in [1.165, 1.54) is 7.11 Å². The van der Waals surface area contributed by atoms with Crippen LogP contribution >= 0.6 is 0 Å². The molecule has 1 fully saturated rings. The predicted octanol–water partition coefficient (Wildman–Crippen LogP) is 0.327. The average Bonchev–Trinajstić information content (AvgIpc) is 3.12. The largest absolute Gasteiger partial charge is 0.465 e. The van der Waals surface area contributed by atoms with Gasteiger partial charge in [0.15, 0.2) is 0 Å². The van der Waals surface area contributed by atoms with E-state index in [-0.39, 0.29) is 19.6 Å². The second-order valence-electron chi connectivity index (χ2n) is 6.23. The van der Waals surface area contributed by atoms with Gasteiger partial charge in [0.1, 0.15) is 12.3 Å². The molecule has 0 spiro atoms. The minimum absolute atomic E-state index is 0.174. The number of ether oxygens (including phenoxy) is 3. The number of benzene rings is 1. The molecule has 3 atom stereocenters. The molecule has 9 nitrogen and oxygen atoms in total. The number of halogens is 1. The fourth-order valence-corrected chi connectivity index (χ4v) is 2.94. The van der Waals surface area contributed by atoms with Crippen LogP contribution in [0.3, 0.4) is 0 Å². The van der Waals surface area contributed by atoms with Gasteiger partial charge in [-0.3, -0.25) is 14.3 Å². The molecule has 0 aliphatic carbocycles. The lowest BCUT2D eigenvalue weighted by molar-refractivity contribution is -0.0659. The predicted molar refractivity (Wildman–Crippen MR) is 93.3 cm³/mol. The van der Waals surface area contributed by atoms with Crippen molar-refractivity contribution in [2.45, 2.75) is 31.5 Å². The Morgan fingerprint density at radius 2 is 2.07 bits per heavy atom. The van der Waals surface area contributed by atoms with Gasteiger partial charge in [0.05, 0.1) is 38.2 Å². The molecular weight excluding hydrogens is 375 g/mol. The molecule has 1 aromatic heterocycles. The van der Waals surface area contributed by atoms with E-state index in [9.17, 15) is 23.9 Å². The lowest BCUT2D eigenvalue weighted by Gasteiger charge is -2.16. The highest BCUT2D eigenvalue weighted by atomic mass is 19.1. The molecule has 10 heteroatoms. The number of aromatic nitrogens is 2. The fourth-order valence-electron chi connectivity index (χ4n) is 2.94. The van der Waals surface area contributed by atoms with Crippen LogP contribution in [0.1, 0.15) is 28.6 Å².